The maximum Gasteiger partial charge on any atom is 0.294 e. The molecule has 1 fully saturated rings. The number of thioether (sulfide) groups is 1. The molecular formula is C27H22FIN2O5S. The molecule has 0 saturated carbocycles. The third-order valence-corrected chi connectivity index (χ3v) is 6.78. The Morgan fingerprint density at radius 1 is 1.05 bits per heavy atom. The molecule has 1 aliphatic rings. The van der Waals surface area contributed by atoms with Crippen LogP contribution in [-0.2, 0) is 16.2 Å². The number of halogens is 2. The Hall–Kier alpha value is -3.38. The molecule has 1 aliphatic heterocycles. The van der Waals surface area contributed by atoms with Gasteiger partial charge in [0, 0.05) is 9.26 Å². The molecule has 0 unspecified atom stereocenters. The normalized spacial score (nSPS) is 14.2. The van der Waals surface area contributed by atoms with Gasteiger partial charge in [-0.05, 0) is 101 Å². The van der Waals surface area contributed by atoms with Crippen LogP contribution in [0.15, 0.2) is 71.6 Å². The summed E-state index contributed by atoms with van der Waals surface area (Å²) in [4.78, 5) is 38.6. The van der Waals surface area contributed by atoms with E-state index in [1.165, 1.54) is 18.2 Å². The van der Waals surface area contributed by atoms with Crippen molar-refractivity contribution >= 4 is 63.2 Å². The van der Waals surface area contributed by atoms with E-state index in [9.17, 15) is 18.8 Å². The minimum atomic E-state index is -0.609. The number of nitrogens with one attached hydrogen (secondary N) is 1. The van der Waals surface area contributed by atoms with Crippen molar-refractivity contribution in [1.29, 1.82) is 0 Å². The number of anilines is 1. The molecule has 0 bridgehead atoms. The van der Waals surface area contributed by atoms with Gasteiger partial charge in [-0.25, -0.2) is 4.39 Å². The Balaban J connectivity index is 1.44. The van der Waals surface area contributed by atoms with E-state index in [-0.39, 0.29) is 10.6 Å². The first-order valence-corrected chi connectivity index (χ1v) is 13.2. The van der Waals surface area contributed by atoms with Crippen LogP contribution in [0.5, 0.6) is 11.5 Å². The van der Waals surface area contributed by atoms with E-state index >= 15 is 0 Å². The fourth-order valence-corrected chi connectivity index (χ4v) is 4.64. The Morgan fingerprint density at radius 2 is 1.84 bits per heavy atom. The van der Waals surface area contributed by atoms with Crippen LogP contribution in [0.1, 0.15) is 18.1 Å². The summed E-state index contributed by atoms with van der Waals surface area (Å²) in [5.41, 5.74) is 1.89. The van der Waals surface area contributed by atoms with Crippen LogP contribution < -0.4 is 14.8 Å². The zero-order valence-electron chi connectivity index (χ0n) is 19.7. The van der Waals surface area contributed by atoms with E-state index in [2.05, 4.69) is 27.9 Å². The highest BCUT2D eigenvalue weighted by Gasteiger charge is 2.36. The van der Waals surface area contributed by atoms with Crippen molar-refractivity contribution < 1.29 is 28.2 Å². The first-order valence-electron chi connectivity index (χ1n) is 11.3. The van der Waals surface area contributed by atoms with Crippen molar-refractivity contribution in [2.45, 2.75) is 13.5 Å². The largest absolute Gasteiger partial charge is 0.490 e. The van der Waals surface area contributed by atoms with Crippen molar-refractivity contribution in [3.63, 3.8) is 0 Å². The summed E-state index contributed by atoms with van der Waals surface area (Å²) in [7, 11) is 0. The molecule has 3 aromatic rings. The highest BCUT2D eigenvalue weighted by Crippen LogP contribution is 2.35. The quantitative estimate of drug-likeness (QED) is 0.227. The van der Waals surface area contributed by atoms with E-state index < -0.39 is 29.4 Å². The molecule has 0 aliphatic carbocycles. The van der Waals surface area contributed by atoms with E-state index in [0.717, 1.165) is 31.9 Å². The third kappa shape index (κ3) is 7.10. The fraction of sp³-hybridized carbons (Fsp3) is 0.148. The number of imide groups is 1. The summed E-state index contributed by atoms with van der Waals surface area (Å²) in [6.07, 6.45) is 1.57. The average molecular weight is 632 g/mol. The molecule has 10 heteroatoms. The molecule has 190 valence electrons. The average Bonchev–Trinajstić information content (AvgIpc) is 3.12. The van der Waals surface area contributed by atoms with E-state index in [1.807, 2.05) is 31.2 Å². The lowest BCUT2D eigenvalue weighted by molar-refractivity contribution is -0.127. The molecule has 1 heterocycles. The second kappa shape index (κ2) is 12.2. The number of benzene rings is 3. The van der Waals surface area contributed by atoms with Crippen LogP contribution in [0.3, 0.4) is 0 Å². The number of hydrogen-bond acceptors (Lipinski definition) is 6. The van der Waals surface area contributed by atoms with Crippen LogP contribution in [0.25, 0.3) is 6.08 Å². The van der Waals surface area contributed by atoms with Gasteiger partial charge in [0.05, 0.1) is 11.5 Å². The van der Waals surface area contributed by atoms with Crippen molar-refractivity contribution in [3.8, 4) is 11.5 Å². The van der Waals surface area contributed by atoms with Crippen LogP contribution in [-0.4, -0.2) is 35.1 Å². The maximum atomic E-state index is 13.3. The minimum Gasteiger partial charge on any atom is -0.490 e. The second-order valence-electron chi connectivity index (χ2n) is 7.88. The zero-order chi connectivity index (χ0) is 26.4. The van der Waals surface area contributed by atoms with Crippen LogP contribution in [0.4, 0.5) is 14.9 Å². The fourth-order valence-electron chi connectivity index (χ4n) is 3.44. The Bertz CT molecular complexity index is 1360. The summed E-state index contributed by atoms with van der Waals surface area (Å²) in [5, 5.41) is 1.92. The summed E-state index contributed by atoms with van der Waals surface area (Å²) in [6, 6.07) is 18.6. The molecule has 0 spiro atoms. The maximum absolute atomic E-state index is 13.3. The molecular weight excluding hydrogens is 610 g/mol. The van der Waals surface area contributed by atoms with E-state index in [1.54, 1.807) is 24.3 Å². The molecule has 0 aromatic heterocycles. The predicted molar refractivity (Wildman–Crippen MR) is 149 cm³/mol. The number of rotatable bonds is 9. The van der Waals surface area contributed by atoms with Gasteiger partial charge < -0.3 is 14.8 Å². The molecule has 0 radical (unpaired) electrons. The third-order valence-electron chi connectivity index (χ3n) is 5.16. The number of carbonyl (C=O) groups excluding carboxylic acids is 3. The van der Waals surface area contributed by atoms with Crippen molar-refractivity contribution in [2.75, 3.05) is 18.5 Å². The number of ether oxygens (including phenoxy) is 2. The van der Waals surface area contributed by atoms with Gasteiger partial charge in [-0.3, -0.25) is 19.3 Å². The van der Waals surface area contributed by atoms with E-state index in [4.69, 9.17) is 9.47 Å². The summed E-state index contributed by atoms with van der Waals surface area (Å²) in [5.74, 6) is -0.636. The van der Waals surface area contributed by atoms with Gasteiger partial charge in [0.15, 0.2) is 11.5 Å². The summed E-state index contributed by atoms with van der Waals surface area (Å²) in [6.45, 7) is 2.16. The van der Waals surface area contributed by atoms with Gasteiger partial charge in [-0.1, -0.05) is 24.3 Å². The smallest absolute Gasteiger partial charge is 0.294 e. The van der Waals surface area contributed by atoms with Crippen molar-refractivity contribution in [2.24, 2.45) is 0 Å². The highest BCUT2D eigenvalue weighted by atomic mass is 127. The van der Waals surface area contributed by atoms with Gasteiger partial charge in [0.25, 0.3) is 11.1 Å². The van der Waals surface area contributed by atoms with Gasteiger partial charge in [0.1, 0.15) is 19.0 Å². The topological polar surface area (TPSA) is 84.9 Å². The first kappa shape index (κ1) is 26.7. The minimum absolute atomic E-state index is 0.179. The molecule has 4 rings (SSSR count). The van der Waals surface area contributed by atoms with Gasteiger partial charge >= 0.3 is 0 Å². The molecule has 7 nitrogen and oxygen atoms in total. The Labute approximate surface area is 231 Å². The van der Waals surface area contributed by atoms with Crippen LogP contribution in [0, 0.1) is 9.39 Å². The molecule has 3 aromatic carbocycles. The van der Waals surface area contributed by atoms with Crippen molar-refractivity contribution in [1.82, 2.24) is 4.90 Å². The standard InChI is InChI=1S/C27H22FIN2O5S/c1-2-35-23-12-18(8-11-22(23)36-16-17-6-9-20(29)10-7-17)13-24-26(33)31(27(34)37-24)15-25(32)30-21-5-3-4-19(28)14-21/h3-14H,2,15-16H2,1H3,(H,30,32)/b24-13+. The molecule has 0 atom stereocenters. The SMILES string of the molecule is CCOc1cc(/C=C2/SC(=O)N(CC(=O)Nc3cccc(F)c3)C2=O)ccc1OCc1ccc(I)cc1. The summed E-state index contributed by atoms with van der Waals surface area (Å²) < 4.78 is 26.2. The van der Waals surface area contributed by atoms with Gasteiger partial charge in [-0.15, -0.1) is 0 Å². The number of amides is 3. The lowest BCUT2D eigenvalue weighted by atomic mass is 10.1. The second-order valence-corrected chi connectivity index (χ2v) is 10.1. The van der Waals surface area contributed by atoms with Gasteiger partial charge in [-0.2, -0.15) is 0 Å². The van der Waals surface area contributed by atoms with Crippen LogP contribution in [0.2, 0.25) is 0 Å². The first-order chi connectivity index (χ1) is 17.8. The number of carbonyl (C=O) groups is 3. The summed E-state index contributed by atoms with van der Waals surface area (Å²) >= 11 is 2.99. The Morgan fingerprint density at radius 3 is 2.57 bits per heavy atom. The van der Waals surface area contributed by atoms with Crippen LogP contribution >= 0.6 is 34.4 Å². The Kier molecular flexibility index (Phi) is 8.82. The monoisotopic (exact) mass is 632 g/mol. The molecule has 3 amide bonds. The molecule has 1 N–H and O–H groups in total. The number of hydrogen-bond donors (Lipinski definition) is 1. The molecule has 37 heavy (non-hydrogen) atoms. The molecule has 1 saturated heterocycles. The predicted octanol–water partition coefficient (Wildman–Crippen LogP) is 6.08. The lowest BCUT2D eigenvalue weighted by Crippen LogP contribution is -2.36. The number of nitrogens with zero attached hydrogens (tertiary/aromatic N) is 1. The zero-order valence-corrected chi connectivity index (χ0v) is 22.7. The highest BCUT2D eigenvalue weighted by molar-refractivity contribution is 14.1. The lowest BCUT2D eigenvalue weighted by Gasteiger charge is -2.13. The van der Waals surface area contributed by atoms with Crippen molar-refractivity contribution in [3.05, 3.63) is 92.1 Å². The van der Waals surface area contributed by atoms with Gasteiger partial charge in [0.2, 0.25) is 5.91 Å². The van der Waals surface area contributed by atoms with E-state index in [0.29, 0.717) is 30.3 Å².